The van der Waals surface area contributed by atoms with Crippen LogP contribution in [0, 0.1) is 6.92 Å². The van der Waals surface area contributed by atoms with E-state index in [0.29, 0.717) is 20.8 Å². The zero-order valence-corrected chi connectivity index (χ0v) is 14.7. The average molecular weight is 357 g/mol. The number of ether oxygens (including phenoxy) is 1. The van der Waals surface area contributed by atoms with Crippen LogP contribution >= 0.6 is 34.4 Å². The number of carbonyl (C=O) groups excluding carboxylic acids is 2. The number of thiophene rings is 1. The van der Waals surface area contributed by atoms with E-state index >= 15 is 0 Å². The zero-order chi connectivity index (χ0) is 16.1. The van der Waals surface area contributed by atoms with Crippen LogP contribution in [0.15, 0.2) is 15.8 Å². The number of amides is 1. The van der Waals surface area contributed by atoms with Crippen LogP contribution in [-0.4, -0.2) is 34.4 Å². The molecule has 0 aliphatic heterocycles. The van der Waals surface area contributed by atoms with Crippen molar-refractivity contribution in [2.45, 2.75) is 29.9 Å². The second-order valence-corrected chi connectivity index (χ2v) is 7.69. The molecule has 0 fully saturated rings. The molecule has 2 rings (SSSR count). The van der Waals surface area contributed by atoms with Gasteiger partial charge in [-0.1, -0.05) is 30.0 Å². The number of aryl methyl sites for hydroxylation is 1. The third-order valence-electron chi connectivity index (χ3n) is 2.66. The van der Waals surface area contributed by atoms with Crippen molar-refractivity contribution in [2.24, 2.45) is 0 Å². The van der Waals surface area contributed by atoms with Gasteiger partial charge in [0.15, 0.2) is 4.34 Å². The number of carbonyl (C=O) groups is 2. The molecular formula is C13H15N3O3S3. The Morgan fingerprint density at radius 1 is 1.45 bits per heavy atom. The van der Waals surface area contributed by atoms with Gasteiger partial charge < -0.3 is 4.74 Å². The highest BCUT2D eigenvalue weighted by atomic mass is 32.2. The number of aromatic nitrogens is 2. The predicted molar refractivity (Wildman–Crippen MR) is 88.9 cm³/mol. The molecule has 0 aromatic carbocycles. The molecule has 118 valence electrons. The number of nitrogens with one attached hydrogen (secondary N) is 1. The molecule has 0 aliphatic rings. The first kappa shape index (κ1) is 16.9. The molecule has 1 amide bonds. The second-order valence-electron chi connectivity index (χ2n) is 4.35. The lowest BCUT2D eigenvalue weighted by Gasteiger charge is -2.08. The summed E-state index contributed by atoms with van der Waals surface area (Å²) in [5.74, 6) is -0.492. The first-order valence-corrected chi connectivity index (χ1v) is 9.05. The summed E-state index contributed by atoms with van der Waals surface area (Å²) in [5, 5.41) is 12.6. The summed E-state index contributed by atoms with van der Waals surface area (Å²) in [6.45, 7) is 3.84. The Balaban J connectivity index is 1.99. The maximum absolute atomic E-state index is 12.0. The number of anilines is 1. The quantitative estimate of drug-likeness (QED) is 0.486. The molecular weight excluding hydrogens is 342 g/mol. The summed E-state index contributed by atoms with van der Waals surface area (Å²) in [7, 11) is 1.36. The van der Waals surface area contributed by atoms with E-state index in [0.717, 1.165) is 5.56 Å². The number of hydrogen-bond donors (Lipinski definition) is 1. The Morgan fingerprint density at radius 2 is 2.23 bits per heavy atom. The average Bonchev–Trinajstić information content (AvgIpc) is 3.13. The molecule has 1 atom stereocenters. The van der Waals surface area contributed by atoms with Crippen molar-refractivity contribution in [2.75, 3.05) is 12.4 Å². The molecule has 1 N–H and O–H groups in total. The number of nitrogens with zero attached hydrogens (tertiary/aromatic N) is 2. The van der Waals surface area contributed by atoms with E-state index in [2.05, 4.69) is 15.5 Å². The van der Waals surface area contributed by atoms with Crippen LogP contribution in [0.2, 0.25) is 0 Å². The molecule has 0 spiro atoms. The molecule has 0 aliphatic carbocycles. The third-order valence-corrected chi connectivity index (χ3v) is 5.97. The van der Waals surface area contributed by atoms with E-state index in [1.165, 1.54) is 41.5 Å². The Labute approximate surface area is 140 Å². The van der Waals surface area contributed by atoms with Gasteiger partial charge in [-0.05, 0) is 30.4 Å². The molecule has 2 heterocycles. The number of thioether (sulfide) groups is 1. The predicted octanol–water partition coefficient (Wildman–Crippen LogP) is 3.20. The van der Waals surface area contributed by atoms with Gasteiger partial charge in [0.25, 0.3) is 5.91 Å². The van der Waals surface area contributed by atoms with E-state index in [1.54, 1.807) is 0 Å². The minimum absolute atomic E-state index is 0.203. The van der Waals surface area contributed by atoms with Crippen molar-refractivity contribution in [3.05, 3.63) is 21.9 Å². The molecule has 0 bridgehead atoms. The fourth-order valence-corrected chi connectivity index (χ4v) is 4.30. The molecule has 0 radical (unpaired) electrons. The summed E-state index contributed by atoms with van der Waals surface area (Å²) in [4.78, 5) is 24.2. The Bertz CT molecular complexity index is 668. The fraction of sp³-hybridized carbons (Fsp3) is 0.385. The van der Waals surface area contributed by atoms with Gasteiger partial charge in [-0.2, -0.15) is 0 Å². The van der Waals surface area contributed by atoms with Gasteiger partial charge in [-0.3, -0.25) is 14.9 Å². The van der Waals surface area contributed by atoms with Gasteiger partial charge in [-0.15, -0.1) is 21.5 Å². The van der Waals surface area contributed by atoms with Gasteiger partial charge in [0.1, 0.15) is 5.25 Å². The van der Waals surface area contributed by atoms with Crippen LogP contribution < -0.4 is 5.32 Å². The van der Waals surface area contributed by atoms with Crippen LogP contribution in [0.25, 0.3) is 0 Å². The highest BCUT2D eigenvalue weighted by Gasteiger charge is 2.21. The largest absolute Gasteiger partial charge is 0.468 e. The smallest absolute Gasteiger partial charge is 0.319 e. The zero-order valence-electron chi connectivity index (χ0n) is 12.3. The van der Waals surface area contributed by atoms with Crippen LogP contribution in [-0.2, 0) is 9.53 Å². The standard InChI is InChI=1S/C13H15N3O3S3/c1-4-8(11(18)19-3)21-13-16-15-12(22-13)14-10(17)9-5-7(2)6-20-9/h5-6,8H,4H2,1-3H3,(H,14,15,17)/t8-/m1/s1. The summed E-state index contributed by atoms with van der Waals surface area (Å²) in [6, 6.07) is 1.82. The van der Waals surface area contributed by atoms with E-state index in [1.807, 2.05) is 25.3 Å². The van der Waals surface area contributed by atoms with Crippen LogP contribution in [0.3, 0.4) is 0 Å². The highest BCUT2D eigenvalue weighted by molar-refractivity contribution is 8.02. The van der Waals surface area contributed by atoms with Gasteiger partial charge in [-0.25, -0.2) is 0 Å². The molecule has 0 saturated carbocycles. The second kappa shape index (κ2) is 7.70. The van der Waals surface area contributed by atoms with Crippen molar-refractivity contribution in [1.29, 1.82) is 0 Å². The third kappa shape index (κ3) is 4.28. The lowest BCUT2D eigenvalue weighted by Crippen LogP contribution is -2.17. The minimum Gasteiger partial charge on any atom is -0.468 e. The van der Waals surface area contributed by atoms with Gasteiger partial charge in [0.05, 0.1) is 12.0 Å². The van der Waals surface area contributed by atoms with Crippen molar-refractivity contribution in [3.8, 4) is 0 Å². The molecule has 2 aromatic rings. The Morgan fingerprint density at radius 3 is 2.82 bits per heavy atom. The summed E-state index contributed by atoms with van der Waals surface area (Å²) in [6.07, 6.45) is 0.632. The molecule has 2 aromatic heterocycles. The van der Waals surface area contributed by atoms with E-state index in [9.17, 15) is 9.59 Å². The molecule has 0 saturated heterocycles. The summed E-state index contributed by atoms with van der Waals surface area (Å²) in [5.41, 5.74) is 1.05. The minimum atomic E-state index is -0.318. The summed E-state index contributed by atoms with van der Waals surface area (Å²) >= 11 is 3.91. The van der Waals surface area contributed by atoms with E-state index in [-0.39, 0.29) is 17.1 Å². The first-order valence-electron chi connectivity index (χ1n) is 6.48. The van der Waals surface area contributed by atoms with Crippen LogP contribution in [0.4, 0.5) is 5.13 Å². The summed E-state index contributed by atoms with van der Waals surface area (Å²) < 4.78 is 5.36. The molecule has 0 unspecified atom stereocenters. The number of esters is 1. The van der Waals surface area contributed by atoms with Gasteiger partial charge in [0, 0.05) is 0 Å². The van der Waals surface area contributed by atoms with Crippen molar-refractivity contribution >= 4 is 51.4 Å². The fourth-order valence-electron chi connectivity index (χ4n) is 1.57. The SMILES string of the molecule is CC[C@@H](Sc1nnc(NC(=O)c2cc(C)cs2)s1)C(=O)OC. The van der Waals surface area contributed by atoms with Gasteiger partial charge in [0.2, 0.25) is 5.13 Å². The Hall–Kier alpha value is -1.45. The number of rotatable bonds is 6. The van der Waals surface area contributed by atoms with Crippen molar-refractivity contribution in [3.63, 3.8) is 0 Å². The maximum Gasteiger partial charge on any atom is 0.319 e. The van der Waals surface area contributed by atoms with Crippen LogP contribution in [0.1, 0.15) is 28.6 Å². The van der Waals surface area contributed by atoms with E-state index < -0.39 is 0 Å². The lowest BCUT2D eigenvalue weighted by atomic mass is 10.3. The number of methoxy groups -OCH3 is 1. The maximum atomic E-state index is 12.0. The topological polar surface area (TPSA) is 81.2 Å². The molecule has 9 heteroatoms. The number of hydrogen-bond acceptors (Lipinski definition) is 8. The monoisotopic (exact) mass is 357 g/mol. The normalized spacial score (nSPS) is 12.0. The van der Waals surface area contributed by atoms with Crippen LogP contribution in [0.5, 0.6) is 0 Å². The Kier molecular flexibility index (Phi) is 5.92. The first-order chi connectivity index (χ1) is 10.5. The molecule has 6 nitrogen and oxygen atoms in total. The van der Waals surface area contributed by atoms with Crippen molar-refractivity contribution < 1.29 is 14.3 Å². The highest BCUT2D eigenvalue weighted by Crippen LogP contribution is 2.31. The molecule has 22 heavy (non-hydrogen) atoms. The lowest BCUT2D eigenvalue weighted by molar-refractivity contribution is -0.140. The van der Waals surface area contributed by atoms with Crippen molar-refractivity contribution in [1.82, 2.24) is 10.2 Å². The van der Waals surface area contributed by atoms with E-state index in [4.69, 9.17) is 4.74 Å². The van der Waals surface area contributed by atoms with Gasteiger partial charge >= 0.3 is 5.97 Å².